The summed E-state index contributed by atoms with van der Waals surface area (Å²) in [6.45, 7) is 0.732. The second-order valence-corrected chi connectivity index (χ2v) is 8.01. The molecule has 0 aliphatic carbocycles. The van der Waals surface area contributed by atoms with Crippen LogP contribution in [0.15, 0.2) is 53.4 Å². The number of sulfonamides is 1. The summed E-state index contributed by atoms with van der Waals surface area (Å²) in [6, 6.07) is 12.0. The normalized spacial score (nSPS) is 16.9. The number of benzene rings is 2. The monoisotopic (exact) mass is 369 g/mol. The Morgan fingerprint density at radius 2 is 1.75 bits per heavy atom. The maximum Gasteiger partial charge on any atom is 0.243 e. The van der Waals surface area contributed by atoms with E-state index in [1.54, 1.807) is 12.1 Å². The van der Waals surface area contributed by atoms with E-state index in [0.717, 1.165) is 12.1 Å². The molecule has 1 aliphatic heterocycles. The summed E-state index contributed by atoms with van der Waals surface area (Å²) in [7, 11) is -3.59. The van der Waals surface area contributed by atoms with Gasteiger partial charge in [0, 0.05) is 18.1 Å². The zero-order chi connectivity index (χ0) is 17.2. The average molecular weight is 370 g/mol. The molecule has 2 aromatic carbocycles. The third kappa shape index (κ3) is 3.88. The molecule has 0 aromatic heterocycles. The first kappa shape index (κ1) is 17.2. The van der Waals surface area contributed by atoms with Crippen molar-refractivity contribution in [2.24, 2.45) is 0 Å². The zero-order valence-corrected chi connectivity index (χ0v) is 14.4. The van der Waals surface area contributed by atoms with Gasteiger partial charge < -0.3 is 4.74 Å². The van der Waals surface area contributed by atoms with Gasteiger partial charge in [0.25, 0.3) is 0 Å². The van der Waals surface area contributed by atoms with Crippen LogP contribution >= 0.6 is 11.6 Å². The lowest BCUT2D eigenvalue weighted by molar-refractivity contribution is 0.135. The quantitative estimate of drug-likeness (QED) is 0.825. The van der Waals surface area contributed by atoms with E-state index in [9.17, 15) is 12.8 Å². The van der Waals surface area contributed by atoms with Crippen molar-refractivity contribution >= 4 is 21.6 Å². The second kappa shape index (κ2) is 7.09. The smallest absolute Gasteiger partial charge is 0.243 e. The molecule has 1 aliphatic rings. The third-order valence-corrected chi connectivity index (χ3v) is 6.10. The van der Waals surface area contributed by atoms with Crippen molar-refractivity contribution in [2.75, 3.05) is 13.1 Å². The lowest BCUT2D eigenvalue weighted by Gasteiger charge is -2.31. The highest BCUT2D eigenvalue weighted by Crippen LogP contribution is 2.25. The van der Waals surface area contributed by atoms with Crippen molar-refractivity contribution in [2.45, 2.75) is 23.8 Å². The van der Waals surface area contributed by atoms with Crippen LogP contribution in [0.4, 0.5) is 4.39 Å². The minimum absolute atomic E-state index is 0.0527. The van der Waals surface area contributed by atoms with Crippen molar-refractivity contribution < 1.29 is 17.5 Å². The van der Waals surface area contributed by atoms with Crippen molar-refractivity contribution in [1.29, 1.82) is 0 Å². The van der Waals surface area contributed by atoms with Crippen LogP contribution in [0.2, 0.25) is 5.02 Å². The molecule has 0 atom stereocenters. The molecule has 2 aromatic rings. The first-order valence-corrected chi connectivity index (χ1v) is 9.45. The lowest BCUT2D eigenvalue weighted by Crippen LogP contribution is -2.41. The number of nitrogens with zero attached hydrogens (tertiary/aromatic N) is 1. The van der Waals surface area contributed by atoms with Crippen LogP contribution in [0.3, 0.4) is 0 Å². The summed E-state index contributed by atoms with van der Waals surface area (Å²) in [5.74, 6) is 0.227. The zero-order valence-electron chi connectivity index (χ0n) is 12.9. The number of hydrogen-bond donors (Lipinski definition) is 0. The van der Waals surface area contributed by atoms with Crippen LogP contribution < -0.4 is 4.74 Å². The van der Waals surface area contributed by atoms with Gasteiger partial charge in [0.1, 0.15) is 17.7 Å². The summed E-state index contributed by atoms with van der Waals surface area (Å²) in [5.41, 5.74) is 0. The van der Waals surface area contributed by atoms with E-state index in [1.807, 2.05) is 12.1 Å². The van der Waals surface area contributed by atoms with Crippen molar-refractivity contribution in [1.82, 2.24) is 4.31 Å². The highest BCUT2D eigenvalue weighted by atomic mass is 35.5. The van der Waals surface area contributed by atoms with E-state index >= 15 is 0 Å². The van der Waals surface area contributed by atoms with E-state index in [0.29, 0.717) is 36.7 Å². The summed E-state index contributed by atoms with van der Waals surface area (Å²) in [4.78, 5) is 0.109. The molecule has 128 valence electrons. The second-order valence-electron chi connectivity index (χ2n) is 5.63. The Morgan fingerprint density at radius 3 is 2.38 bits per heavy atom. The van der Waals surface area contributed by atoms with Crippen molar-refractivity contribution in [3.05, 3.63) is 59.4 Å². The first-order valence-electron chi connectivity index (χ1n) is 7.63. The molecule has 3 rings (SSSR count). The molecule has 0 spiro atoms. The van der Waals surface area contributed by atoms with E-state index in [2.05, 4.69) is 0 Å². The molecule has 1 saturated heterocycles. The molecule has 0 radical (unpaired) electrons. The van der Waals surface area contributed by atoms with E-state index in [1.165, 1.54) is 16.4 Å². The van der Waals surface area contributed by atoms with Gasteiger partial charge in [-0.15, -0.1) is 0 Å². The van der Waals surface area contributed by atoms with Gasteiger partial charge >= 0.3 is 0 Å². The van der Waals surface area contributed by atoms with Gasteiger partial charge in [0.2, 0.25) is 10.0 Å². The molecule has 0 amide bonds. The van der Waals surface area contributed by atoms with Gasteiger partial charge in [-0.05, 0) is 55.3 Å². The average Bonchev–Trinajstić information content (AvgIpc) is 2.56. The van der Waals surface area contributed by atoms with Crippen LogP contribution in [0, 0.1) is 5.82 Å². The van der Waals surface area contributed by atoms with Gasteiger partial charge in [-0.1, -0.05) is 17.7 Å². The summed E-state index contributed by atoms with van der Waals surface area (Å²) < 4.78 is 45.4. The Morgan fingerprint density at radius 1 is 1.08 bits per heavy atom. The fourth-order valence-corrected chi connectivity index (χ4v) is 4.33. The molecule has 0 unspecified atom stereocenters. The summed E-state index contributed by atoms with van der Waals surface area (Å²) in [5, 5.41) is 0.601. The standard InChI is InChI=1S/C17H17ClFNO3S/c18-13-2-1-3-16(12-13)23-15-8-10-20(11-9-15)24(21,22)17-6-4-14(19)5-7-17/h1-7,12,15H,8-11H2. The van der Waals surface area contributed by atoms with E-state index < -0.39 is 15.8 Å². The number of piperidine rings is 1. The number of ether oxygens (including phenoxy) is 1. The molecule has 0 N–H and O–H groups in total. The lowest BCUT2D eigenvalue weighted by atomic mass is 10.1. The van der Waals surface area contributed by atoms with Gasteiger partial charge in [-0.2, -0.15) is 4.31 Å². The van der Waals surface area contributed by atoms with Crippen molar-refractivity contribution in [3.63, 3.8) is 0 Å². The number of halogens is 2. The SMILES string of the molecule is O=S(=O)(c1ccc(F)cc1)N1CCC(Oc2cccc(Cl)c2)CC1. The molecule has 1 heterocycles. The third-order valence-electron chi connectivity index (χ3n) is 3.95. The highest BCUT2D eigenvalue weighted by Gasteiger charge is 2.30. The summed E-state index contributed by atoms with van der Waals surface area (Å²) in [6.07, 6.45) is 1.13. The van der Waals surface area contributed by atoms with Gasteiger partial charge in [-0.25, -0.2) is 12.8 Å². The molecule has 1 fully saturated rings. The Labute approximate surface area is 145 Å². The van der Waals surface area contributed by atoms with E-state index in [4.69, 9.17) is 16.3 Å². The predicted octanol–water partition coefficient (Wildman–Crippen LogP) is 3.71. The highest BCUT2D eigenvalue weighted by molar-refractivity contribution is 7.89. The van der Waals surface area contributed by atoms with Gasteiger partial charge in [0.05, 0.1) is 4.90 Å². The number of hydrogen-bond acceptors (Lipinski definition) is 3. The van der Waals surface area contributed by atoms with Gasteiger partial charge in [-0.3, -0.25) is 0 Å². The minimum Gasteiger partial charge on any atom is -0.490 e. The first-order chi connectivity index (χ1) is 11.4. The van der Waals surface area contributed by atoms with Crippen LogP contribution in [0.5, 0.6) is 5.75 Å². The largest absolute Gasteiger partial charge is 0.490 e. The van der Waals surface area contributed by atoms with Crippen LogP contribution in [0.25, 0.3) is 0 Å². The minimum atomic E-state index is -3.59. The Bertz CT molecular complexity index is 803. The topological polar surface area (TPSA) is 46.6 Å². The van der Waals surface area contributed by atoms with Crippen LogP contribution in [-0.2, 0) is 10.0 Å². The fourth-order valence-electron chi connectivity index (χ4n) is 2.68. The van der Waals surface area contributed by atoms with Gasteiger partial charge in [0.15, 0.2) is 0 Å². The maximum absolute atomic E-state index is 13.0. The summed E-state index contributed by atoms with van der Waals surface area (Å²) >= 11 is 5.93. The van der Waals surface area contributed by atoms with E-state index in [-0.39, 0.29) is 11.0 Å². The molecule has 0 saturated carbocycles. The Kier molecular flexibility index (Phi) is 5.08. The Hall–Kier alpha value is -1.63. The van der Waals surface area contributed by atoms with Crippen LogP contribution in [-0.4, -0.2) is 31.9 Å². The van der Waals surface area contributed by atoms with Crippen molar-refractivity contribution in [3.8, 4) is 5.75 Å². The predicted molar refractivity (Wildman–Crippen MR) is 90.3 cm³/mol. The number of rotatable bonds is 4. The van der Waals surface area contributed by atoms with Crippen LogP contribution in [0.1, 0.15) is 12.8 Å². The molecule has 24 heavy (non-hydrogen) atoms. The molecular weight excluding hydrogens is 353 g/mol. The fraction of sp³-hybridized carbons (Fsp3) is 0.294. The Balaban J connectivity index is 1.63. The molecular formula is C17H17ClFNO3S. The molecule has 7 heteroatoms. The molecule has 4 nitrogen and oxygen atoms in total. The molecule has 0 bridgehead atoms. The maximum atomic E-state index is 13.0.